The lowest BCUT2D eigenvalue weighted by molar-refractivity contribution is 1.17. The number of para-hydroxylation sites is 7. The molecule has 31 rings (SSSR count). The zero-order valence-electron chi connectivity index (χ0n) is 77.9. The SMILES string of the molecule is C.C.c1ccc(-c2ccc3c4c2-c2ccccc2-c2cccc5ccc(c4c25)n3-c2cccc(N(c3ccccc3)c3ccccc3)c2)cc1.c1ccc(N(c2ccccc2)c2cccc(-n3c4cccc5c4c4c6c(cccc6c6ccccc6c43)-c3ccccc3-5)c2)cc1.c1ccc(N(c2ccccc2)c2cccc(-n3c4cccc5c6ccccc6n6c7c8ccccc8ccc7c7ccc3c(c54)c76)c2)cc1. The molecule has 0 atom stereocenters. The fourth-order valence-electron chi connectivity index (χ4n) is 24.2. The molecule has 2 aliphatic carbocycles. The van der Waals surface area contributed by atoms with Crippen LogP contribution in [0.5, 0.6) is 0 Å². The van der Waals surface area contributed by atoms with Crippen molar-refractivity contribution < 1.29 is 0 Å². The highest BCUT2D eigenvalue weighted by Gasteiger charge is 2.33. The van der Waals surface area contributed by atoms with E-state index in [9.17, 15) is 0 Å². The number of benzene rings is 24. The molecule has 0 saturated carbocycles. The summed E-state index contributed by atoms with van der Waals surface area (Å²) in [6.07, 6.45) is 0. The summed E-state index contributed by atoms with van der Waals surface area (Å²) >= 11 is 0. The molecule has 0 saturated heterocycles. The highest BCUT2D eigenvalue weighted by atomic mass is 15.2. The predicted octanol–water partition coefficient (Wildman–Crippen LogP) is 38.8. The van der Waals surface area contributed by atoms with E-state index in [1.54, 1.807) is 0 Å². The van der Waals surface area contributed by atoms with Gasteiger partial charge in [-0.3, -0.25) is 0 Å². The van der Waals surface area contributed by atoms with Gasteiger partial charge in [-0.15, -0.1) is 0 Å². The number of anilines is 9. The molecule has 682 valence electrons. The minimum absolute atomic E-state index is 0. The van der Waals surface area contributed by atoms with Gasteiger partial charge in [0, 0.05) is 138 Å². The summed E-state index contributed by atoms with van der Waals surface area (Å²) in [7, 11) is 0. The Labute approximate surface area is 839 Å². The van der Waals surface area contributed by atoms with Crippen LogP contribution in [0.4, 0.5) is 51.2 Å². The summed E-state index contributed by atoms with van der Waals surface area (Å²) in [6, 6.07) is 192. The smallest absolute Gasteiger partial charge is 0.0642 e. The van der Waals surface area contributed by atoms with Crippen LogP contribution in [0.25, 0.3) is 219 Å². The van der Waals surface area contributed by atoms with Crippen molar-refractivity contribution in [2.45, 2.75) is 14.9 Å². The molecule has 0 spiro atoms. The summed E-state index contributed by atoms with van der Waals surface area (Å²) in [5.41, 5.74) is 37.4. The first-order valence-electron chi connectivity index (χ1n) is 49.3. The molecule has 0 amide bonds. The van der Waals surface area contributed by atoms with Crippen molar-refractivity contribution in [3.8, 4) is 72.7 Å². The number of aromatic nitrogens is 4. The van der Waals surface area contributed by atoms with Gasteiger partial charge in [0.15, 0.2) is 0 Å². The largest absolute Gasteiger partial charge is 0.310 e. The molecule has 145 heavy (non-hydrogen) atoms. The number of nitrogens with zero attached hydrogens (tertiary/aromatic N) is 7. The average molecular weight is 1850 g/mol. The average Bonchev–Trinajstić information content (AvgIpc) is 1.54. The molecule has 2 aliphatic rings. The van der Waals surface area contributed by atoms with Gasteiger partial charge < -0.3 is 32.8 Å². The maximum atomic E-state index is 2.55. The number of hydrogen-bond donors (Lipinski definition) is 0. The van der Waals surface area contributed by atoms with Crippen LogP contribution in [-0.4, -0.2) is 18.1 Å². The molecule has 7 nitrogen and oxygen atoms in total. The molecule has 0 N–H and O–H groups in total. The third-order valence-corrected chi connectivity index (χ3v) is 29.9. The second kappa shape index (κ2) is 34.5. The minimum Gasteiger partial charge on any atom is -0.310 e. The van der Waals surface area contributed by atoms with E-state index in [1.807, 2.05) is 0 Å². The molecule has 29 aromatic rings. The summed E-state index contributed by atoms with van der Waals surface area (Å²) in [4.78, 5) is 7.01. The Kier molecular flexibility index (Phi) is 20.2. The second-order valence-corrected chi connectivity index (χ2v) is 37.6. The molecule has 24 aromatic carbocycles. The van der Waals surface area contributed by atoms with Crippen molar-refractivity contribution in [3.05, 3.63) is 528 Å². The van der Waals surface area contributed by atoms with Gasteiger partial charge in [-0.05, 0) is 246 Å². The van der Waals surface area contributed by atoms with E-state index in [0.717, 1.165) is 68.2 Å². The molecule has 0 bridgehead atoms. The lowest BCUT2D eigenvalue weighted by Crippen LogP contribution is -2.10. The number of fused-ring (bicyclic) bond motifs is 17. The quantitative estimate of drug-likeness (QED) is 0.108. The Balaban J connectivity index is 0.000000107. The van der Waals surface area contributed by atoms with E-state index < -0.39 is 0 Å². The zero-order chi connectivity index (χ0) is 93.8. The Hall–Kier alpha value is -19.1. The van der Waals surface area contributed by atoms with Gasteiger partial charge in [0.2, 0.25) is 0 Å². The Morgan fingerprint density at radius 3 is 1.03 bits per heavy atom. The second-order valence-electron chi connectivity index (χ2n) is 37.6. The molecule has 0 fully saturated rings. The van der Waals surface area contributed by atoms with Gasteiger partial charge in [0.1, 0.15) is 0 Å². The van der Waals surface area contributed by atoms with Gasteiger partial charge in [0.05, 0.1) is 49.7 Å². The Morgan fingerprint density at radius 2 is 0.476 bits per heavy atom. The van der Waals surface area contributed by atoms with Crippen LogP contribution in [0.15, 0.2) is 528 Å². The first-order valence-corrected chi connectivity index (χ1v) is 49.3. The molecule has 5 aromatic heterocycles. The first kappa shape index (κ1) is 85.1. The first-order chi connectivity index (χ1) is 71.1. The summed E-state index contributed by atoms with van der Waals surface area (Å²) in [6.45, 7) is 0. The fraction of sp³-hybridized carbons (Fsp3) is 0.0145. The molecular weight excluding hydrogens is 1760 g/mol. The van der Waals surface area contributed by atoms with Gasteiger partial charge in [-0.25, -0.2) is 0 Å². The van der Waals surface area contributed by atoms with Crippen LogP contribution in [0.1, 0.15) is 14.9 Å². The summed E-state index contributed by atoms with van der Waals surface area (Å²) in [5.74, 6) is 0. The van der Waals surface area contributed by atoms with Crippen molar-refractivity contribution >= 4 is 198 Å². The van der Waals surface area contributed by atoms with E-state index in [2.05, 4.69) is 561 Å². The van der Waals surface area contributed by atoms with Gasteiger partial charge in [-0.1, -0.05) is 379 Å². The maximum Gasteiger partial charge on any atom is 0.0642 e. The fourth-order valence-corrected chi connectivity index (χ4v) is 24.2. The Morgan fingerprint density at radius 1 is 0.145 bits per heavy atom. The highest BCUT2D eigenvalue weighted by molar-refractivity contribution is 6.39. The van der Waals surface area contributed by atoms with Crippen LogP contribution >= 0.6 is 0 Å². The van der Waals surface area contributed by atoms with E-state index >= 15 is 0 Å². The lowest BCUT2D eigenvalue weighted by atomic mass is 9.88. The van der Waals surface area contributed by atoms with Crippen LogP contribution < -0.4 is 14.7 Å². The van der Waals surface area contributed by atoms with E-state index in [0.29, 0.717) is 0 Å². The standard InChI is InChI=1S/C46H29N3.C46H30N2.C44H28N2.2CH4/c1-3-14-31(15-4-1)47(32-16-5-2-6-17-32)33-18-11-19-34(29-33)48-41-24-12-22-37-36-21-9-10-23-40(36)49-45-35-20-8-7-13-30(35)25-26-38(45)39-27-28-42(48)44(43(37)41)46(39)49;1-4-14-31(15-5-1)37-27-29-42-46-44(37)40-24-11-10-23-38(40)39-25-12-16-32-26-28-41(45(46)43(32)39)48(42)36-22-13-21-35(30-36)47(33-17-6-2-7-18-33)34-19-8-3-9-20-34;1-3-14-29(15-4-1)45(30-16-5-2-6-17-30)31-18-11-19-32(28-31)46-40-27-13-26-38-34-21-8-7-20-33(34)36-24-12-25-37-35-22-9-10-23-39(35)44(46)43(41(36)37)42(38)40;;/h1-29H;1-30H;1-28H;2*1H4. The zero-order valence-corrected chi connectivity index (χ0v) is 77.9. The van der Waals surface area contributed by atoms with E-state index in [1.165, 1.54) is 202 Å². The molecule has 0 aliphatic heterocycles. The molecule has 0 unspecified atom stereocenters. The number of hydrogen-bond acceptors (Lipinski definition) is 3. The van der Waals surface area contributed by atoms with Crippen molar-refractivity contribution in [2.75, 3.05) is 14.7 Å². The monoisotopic (exact) mass is 1850 g/mol. The third-order valence-electron chi connectivity index (χ3n) is 29.9. The summed E-state index contributed by atoms with van der Waals surface area (Å²) < 4.78 is 10.0. The van der Waals surface area contributed by atoms with Gasteiger partial charge in [-0.2, -0.15) is 0 Å². The topological polar surface area (TPSA) is 28.9 Å². The van der Waals surface area contributed by atoms with Crippen molar-refractivity contribution in [3.63, 3.8) is 0 Å². The lowest BCUT2D eigenvalue weighted by Gasteiger charge is -2.26. The summed E-state index contributed by atoms with van der Waals surface area (Å²) in [5, 5.41) is 23.3. The maximum absolute atomic E-state index is 2.55. The van der Waals surface area contributed by atoms with Crippen molar-refractivity contribution in [1.29, 1.82) is 0 Å². The highest BCUT2D eigenvalue weighted by Crippen LogP contribution is 2.57. The minimum atomic E-state index is 0. The van der Waals surface area contributed by atoms with Crippen LogP contribution in [0, 0.1) is 0 Å². The normalized spacial score (nSPS) is 11.8. The van der Waals surface area contributed by atoms with Crippen LogP contribution in [-0.2, 0) is 0 Å². The van der Waals surface area contributed by atoms with Gasteiger partial charge >= 0.3 is 0 Å². The van der Waals surface area contributed by atoms with Gasteiger partial charge in [0.25, 0.3) is 0 Å². The van der Waals surface area contributed by atoms with Crippen molar-refractivity contribution in [1.82, 2.24) is 18.1 Å². The van der Waals surface area contributed by atoms with Crippen molar-refractivity contribution in [2.24, 2.45) is 0 Å². The predicted molar refractivity (Wildman–Crippen MR) is 619 cm³/mol. The van der Waals surface area contributed by atoms with E-state index in [-0.39, 0.29) is 14.9 Å². The molecule has 0 radical (unpaired) electrons. The third kappa shape index (κ3) is 13.2. The molecule has 7 heteroatoms. The number of rotatable bonds is 13. The molecule has 5 heterocycles. The Bertz CT molecular complexity index is 10100. The molecular formula is C138H95N7. The van der Waals surface area contributed by atoms with E-state index in [4.69, 9.17) is 0 Å². The van der Waals surface area contributed by atoms with Crippen LogP contribution in [0.3, 0.4) is 0 Å². The van der Waals surface area contributed by atoms with Crippen LogP contribution in [0.2, 0.25) is 0 Å².